The molecular formula is C18H15N3O6. The van der Waals surface area contributed by atoms with Gasteiger partial charge in [-0.15, -0.1) is 0 Å². The van der Waals surface area contributed by atoms with Crippen LogP contribution in [0.4, 0.5) is 11.4 Å². The number of nitriles is 1. The van der Waals surface area contributed by atoms with Crippen molar-refractivity contribution in [3.63, 3.8) is 0 Å². The second-order valence-corrected chi connectivity index (χ2v) is 5.19. The molecule has 2 rings (SSSR count). The lowest BCUT2D eigenvalue weighted by Gasteiger charge is -2.09. The third kappa shape index (κ3) is 4.52. The Morgan fingerprint density at radius 2 is 1.81 bits per heavy atom. The van der Waals surface area contributed by atoms with Crippen molar-refractivity contribution in [3.8, 4) is 23.3 Å². The molecule has 0 saturated carbocycles. The van der Waals surface area contributed by atoms with E-state index in [9.17, 15) is 25.3 Å². The fourth-order valence-electron chi connectivity index (χ4n) is 2.20. The van der Waals surface area contributed by atoms with Gasteiger partial charge in [-0.1, -0.05) is 0 Å². The largest absolute Gasteiger partial charge is 0.508 e. The molecule has 0 atom stereocenters. The SMILES string of the molecule is COc1cc(/C=C(\C#N)C(=O)Nc2ccc(O)cc2)c([N+](=O)[O-])cc1OC. The fourth-order valence-corrected chi connectivity index (χ4v) is 2.20. The summed E-state index contributed by atoms with van der Waals surface area (Å²) in [5.74, 6) is -0.378. The van der Waals surface area contributed by atoms with Gasteiger partial charge in [-0.3, -0.25) is 14.9 Å². The molecule has 1 amide bonds. The molecule has 2 N–H and O–H groups in total. The number of phenolic OH excluding ortho intramolecular Hbond substituents is 1. The van der Waals surface area contributed by atoms with Crippen molar-refractivity contribution in [2.45, 2.75) is 0 Å². The normalized spacial score (nSPS) is 10.6. The van der Waals surface area contributed by atoms with Crippen molar-refractivity contribution < 1.29 is 24.3 Å². The number of ether oxygens (including phenoxy) is 2. The maximum atomic E-state index is 12.3. The first-order chi connectivity index (χ1) is 12.9. The topological polar surface area (TPSA) is 135 Å². The van der Waals surface area contributed by atoms with Crippen LogP contribution in [0.1, 0.15) is 5.56 Å². The number of nitrogens with one attached hydrogen (secondary N) is 1. The zero-order chi connectivity index (χ0) is 20.0. The van der Waals surface area contributed by atoms with Crippen molar-refractivity contribution >= 4 is 23.4 Å². The van der Waals surface area contributed by atoms with Crippen LogP contribution in [-0.4, -0.2) is 30.2 Å². The highest BCUT2D eigenvalue weighted by Gasteiger charge is 2.20. The molecule has 9 nitrogen and oxygen atoms in total. The highest BCUT2D eigenvalue weighted by Crippen LogP contribution is 2.35. The zero-order valence-electron chi connectivity index (χ0n) is 14.4. The molecule has 138 valence electrons. The number of rotatable bonds is 6. The molecule has 0 aliphatic rings. The lowest BCUT2D eigenvalue weighted by atomic mass is 10.1. The van der Waals surface area contributed by atoms with E-state index < -0.39 is 10.8 Å². The van der Waals surface area contributed by atoms with Gasteiger partial charge in [0.15, 0.2) is 11.5 Å². The summed E-state index contributed by atoms with van der Waals surface area (Å²) in [5.41, 5.74) is -0.341. The van der Waals surface area contributed by atoms with Gasteiger partial charge in [0.2, 0.25) is 0 Å². The predicted octanol–water partition coefficient (Wildman–Crippen LogP) is 2.86. The van der Waals surface area contributed by atoms with Gasteiger partial charge in [0.1, 0.15) is 17.4 Å². The standard InChI is InChI=1S/C18H15N3O6/c1-26-16-8-11(15(21(24)25)9-17(16)27-2)7-12(10-19)18(23)20-13-3-5-14(22)6-4-13/h3-9,22H,1-2H3,(H,20,23)/b12-7+. The van der Waals surface area contributed by atoms with E-state index in [4.69, 9.17) is 9.47 Å². The Morgan fingerprint density at radius 3 is 2.33 bits per heavy atom. The van der Waals surface area contributed by atoms with E-state index >= 15 is 0 Å². The summed E-state index contributed by atoms with van der Waals surface area (Å²) in [6.45, 7) is 0. The van der Waals surface area contributed by atoms with Crippen molar-refractivity contribution in [3.05, 3.63) is 57.6 Å². The monoisotopic (exact) mass is 369 g/mol. The van der Waals surface area contributed by atoms with Crippen LogP contribution in [0.3, 0.4) is 0 Å². The second-order valence-electron chi connectivity index (χ2n) is 5.19. The third-order valence-corrected chi connectivity index (χ3v) is 3.52. The van der Waals surface area contributed by atoms with Gasteiger partial charge in [0, 0.05) is 5.69 Å². The minimum atomic E-state index is -0.757. The van der Waals surface area contributed by atoms with Gasteiger partial charge < -0.3 is 19.9 Å². The van der Waals surface area contributed by atoms with E-state index in [1.165, 1.54) is 44.6 Å². The summed E-state index contributed by atoms with van der Waals surface area (Å²) >= 11 is 0. The Bertz CT molecular complexity index is 945. The highest BCUT2D eigenvalue weighted by atomic mass is 16.6. The maximum absolute atomic E-state index is 12.3. The molecule has 0 aliphatic carbocycles. The molecule has 0 heterocycles. The average molecular weight is 369 g/mol. The Labute approximate surface area is 154 Å². The highest BCUT2D eigenvalue weighted by molar-refractivity contribution is 6.10. The number of nitro benzene ring substituents is 1. The summed E-state index contributed by atoms with van der Waals surface area (Å²) in [4.78, 5) is 23.0. The molecule has 27 heavy (non-hydrogen) atoms. The number of carbonyl (C=O) groups is 1. The molecule has 2 aromatic rings. The van der Waals surface area contributed by atoms with Crippen molar-refractivity contribution in [1.29, 1.82) is 5.26 Å². The molecule has 0 fully saturated rings. The van der Waals surface area contributed by atoms with E-state index in [-0.39, 0.29) is 34.1 Å². The Kier molecular flexibility index (Phi) is 5.96. The van der Waals surface area contributed by atoms with E-state index in [1.807, 2.05) is 0 Å². The van der Waals surface area contributed by atoms with Gasteiger partial charge in [-0.2, -0.15) is 5.26 Å². The second kappa shape index (κ2) is 8.35. The first kappa shape index (κ1) is 19.3. The summed E-state index contributed by atoms with van der Waals surface area (Å²) in [7, 11) is 2.70. The number of anilines is 1. The van der Waals surface area contributed by atoms with Gasteiger partial charge >= 0.3 is 0 Å². The summed E-state index contributed by atoms with van der Waals surface area (Å²) in [6.07, 6.45) is 1.09. The first-order valence-corrected chi connectivity index (χ1v) is 7.52. The Morgan fingerprint density at radius 1 is 1.22 bits per heavy atom. The number of aromatic hydroxyl groups is 1. The minimum absolute atomic E-state index is 0.00931. The quantitative estimate of drug-likeness (QED) is 0.263. The molecule has 9 heteroatoms. The van der Waals surface area contributed by atoms with E-state index in [2.05, 4.69) is 5.32 Å². The van der Waals surface area contributed by atoms with Gasteiger partial charge in [0.05, 0.1) is 30.8 Å². The van der Waals surface area contributed by atoms with Crippen LogP contribution in [-0.2, 0) is 4.79 Å². The van der Waals surface area contributed by atoms with Crippen LogP contribution >= 0.6 is 0 Å². The molecule has 0 unspecified atom stereocenters. The number of hydrogen-bond donors (Lipinski definition) is 2. The molecule has 0 spiro atoms. The van der Waals surface area contributed by atoms with Gasteiger partial charge in [-0.25, -0.2) is 0 Å². The lowest BCUT2D eigenvalue weighted by molar-refractivity contribution is -0.385. The van der Waals surface area contributed by atoms with E-state index in [0.717, 1.165) is 12.1 Å². The van der Waals surface area contributed by atoms with E-state index in [0.29, 0.717) is 5.69 Å². The van der Waals surface area contributed by atoms with Crippen molar-refractivity contribution in [2.24, 2.45) is 0 Å². The van der Waals surface area contributed by atoms with Crippen LogP contribution in [0.2, 0.25) is 0 Å². The third-order valence-electron chi connectivity index (χ3n) is 3.52. The maximum Gasteiger partial charge on any atom is 0.280 e. The first-order valence-electron chi connectivity index (χ1n) is 7.52. The molecule has 0 aliphatic heterocycles. The summed E-state index contributed by atoms with van der Waals surface area (Å²) in [6, 6.07) is 9.80. The number of carbonyl (C=O) groups excluding carboxylic acids is 1. The van der Waals surface area contributed by atoms with Crippen LogP contribution in [0, 0.1) is 21.4 Å². The van der Waals surface area contributed by atoms with E-state index in [1.54, 1.807) is 6.07 Å². The number of amides is 1. The van der Waals surface area contributed by atoms with Crippen molar-refractivity contribution in [1.82, 2.24) is 0 Å². The zero-order valence-corrected chi connectivity index (χ0v) is 14.4. The Hall–Kier alpha value is -4.06. The van der Waals surface area contributed by atoms with Crippen LogP contribution in [0.5, 0.6) is 17.2 Å². The smallest absolute Gasteiger partial charge is 0.280 e. The summed E-state index contributed by atoms with van der Waals surface area (Å²) < 4.78 is 10.1. The molecular weight excluding hydrogens is 354 g/mol. The molecule has 2 aromatic carbocycles. The molecule has 0 saturated heterocycles. The Balaban J connectivity index is 2.43. The van der Waals surface area contributed by atoms with Crippen LogP contribution in [0.25, 0.3) is 6.08 Å². The van der Waals surface area contributed by atoms with Crippen LogP contribution in [0.15, 0.2) is 42.0 Å². The molecule has 0 bridgehead atoms. The van der Waals surface area contributed by atoms with Gasteiger partial charge in [-0.05, 0) is 36.4 Å². The number of hydrogen-bond acceptors (Lipinski definition) is 7. The number of methoxy groups -OCH3 is 2. The summed E-state index contributed by atoms with van der Waals surface area (Å²) in [5, 5.41) is 32.3. The fraction of sp³-hybridized carbons (Fsp3) is 0.111. The number of nitro groups is 1. The number of phenols is 1. The number of benzene rings is 2. The predicted molar refractivity (Wildman–Crippen MR) is 96.5 cm³/mol. The van der Waals surface area contributed by atoms with Gasteiger partial charge in [0.25, 0.3) is 11.6 Å². The van der Waals surface area contributed by atoms with Crippen molar-refractivity contribution in [2.75, 3.05) is 19.5 Å². The lowest BCUT2D eigenvalue weighted by Crippen LogP contribution is -2.13. The average Bonchev–Trinajstić information content (AvgIpc) is 2.66. The molecule has 0 aromatic heterocycles. The molecule has 0 radical (unpaired) electrons. The minimum Gasteiger partial charge on any atom is -0.508 e. The number of nitrogens with zero attached hydrogens (tertiary/aromatic N) is 2. The van der Waals surface area contributed by atoms with Crippen LogP contribution < -0.4 is 14.8 Å².